The zero-order valence-electron chi connectivity index (χ0n) is 15.9. The fraction of sp³-hybridized carbons (Fsp3) is 0.450. The summed E-state index contributed by atoms with van der Waals surface area (Å²) in [5.74, 6) is -0.169. The van der Waals surface area contributed by atoms with E-state index in [9.17, 15) is 13.2 Å². The molecule has 0 atom stereocenters. The van der Waals surface area contributed by atoms with Crippen LogP contribution in [0.1, 0.15) is 39.2 Å². The van der Waals surface area contributed by atoms with E-state index in [1.807, 2.05) is 5.38 Å². The van der Waals surface area contributed by atoms with Gasteiger partial charge in [0.25, 0.3) is 5.91 Å². The molecule has 1 saturated heterocycles. The fourth-order valence-electron chi connectivity index (χ4n) is 3.76. The highest BCUT2D eigenvalue weighted by Gasteiger charge is 2.28. The van der Waals surface area contributed by atoms with Crippen molar-refractivity contribution in [3.05, 3.63) is 45.1 Å². The molecule has 1 aliphatic heterocycles. The van der Waals surface area contributed by atoms with E-state index in [0.29, 0.717) is 37.6 Å². The van der Waals surface area contributed by atoms with Crippen LogP contribution < -0.4 is 5.32 Å². The van der Waals surface area contributed by atoms with Crippen molar-refractivity contribution in [1.82, 2.24) is 4.31 Å². The van der Waals surface area contributed by atoms with Crippen molar-refractivity contribution in [2.45, 2.75) is 37.5 Å². The van der Waals surface area contributed by atoms with Gasteiger partial charge in [0.15, 0.2) is 0 Å². The van der Waals surface area contributed by atoms with E-state index in [0.717, 1.165) is 30.4 Å². The van der Waals surface area contributed by atoms with Crippen LogP contribution in [0.2, 0.25) is 0 Å². The third kappa shape index (κ3) is 3.74. The molecular formula is C20H24N2O4S2. The number of ether oxygens (including phenoxy) is 1. The van der Waals surface area contributed by atoms with E-state index < -0.39 is 10.0 Å². The number of rotatable bonds is 4. The first-order valence-electron chi connectivity index (χ1n) is 9.56. The average molecular weight is 421 g/mol. The lowest BCUT2D eigenvalue weighted by Gasteiger charge is -2.26. The lowest BCUT2D eigenvalue weighted by molar-refractivity contribution is 0.0730. The maximum atomic E-state index is 13.0. The maximum Gasteiger partial charge on any atom is 0.256 e. The number of anilines is 1. The minimum Gasteiger partial charge on any atom is -0.379 e. The molecule has 0 saturated carbocycles. The van der Waals surface area contributed by atoms with E-state index in [4.69, 9.17) is 4.74 Å². The molecule has 1 fully saturated rings. The molecule has 150 valence electrons. The number of sulfonamides is 1. The standard InChI is InChI=1S/C20H24N2O4S2/c1-14-6-7-15(12-19(14)28(24,25)22-8-10-26-11-9-22)21-20(23)17-13-27-18-5-3-2-4-16(17)18/h6-7,12-13H,2-5,8-11H2,1H3,(H,21,23). The highest BCUT2D eigenvalue weighted by molar-refractivity contribution is 7.89. The summed E-state index contributed by atoms with van der Waals surface area (Å²) in [6, 6.07) is 5.06. The molecule has 0 radical (unpaired) electrons. The number of hydrogen-bond donors (Lipinski definition) is 1. The van der Waals surface area contributed by atoms with Gasteiger partial charge in [-0.25, -0.2) is 8.42 Å². The quantitative estimate of drug-likeness (QED) is 0.824. The van der Waals surface area contributed by atoms with Gasteiger partial charge >= 0.3 is 0 Å². The predicted molar refractivity (Wildman–Crippen MR) is 110 cm³/mol. The summed E-state index contributed by atoms with van der Waals surface area (Å²) in [7, 11) is -3.62. The number of morpholine rings is 1. The van der Waals surface area contributed by atoms with E-state index >= 15 is 0 Å². The van der Waals surface area contributed by atoms with E-state index in [1.54, 1.807) is 36.5 Å². The molecule has 1 aromatic carbocycles. The molecular weight excluding hydrogens is 396 g/mol. The van der Waals surface area contributed by atoms with Gasteiger partial charge in [0.05, 0.1) is 23.7 Å². The lowest BCUT2D eigenvalue weighted by atomic mass is 9.95. The lowest BCUT2D eigenvalue weighted by Crippen LogP contribution is -2.40. The van der Waals surface area contributed by atoms with Gasteiger partial charge in [-0.2, -0.15) is 4.31 Å². The second kappa shape index (κ2) is 7.94. The van der Waals surface area contributed by atoms with Gasteiger partial charge in [0, 0.05) is 29.0 Å². The molecule has 0 spiro atoms. The third-order valence-electron chi connectivity index (χ3n) is 5.34. The van der Waals surface area contributed by atoms with Crippen LogP contribution in [0.15, 0.2) is 28.5 Å². The fourth-order valence-corrected chi connectivity index (χ4v) is 6.55. The first-order valence-corrected chi connectivity index (χ1v) is 11.9. The van der Waals surface area contributed by atoms with E-state index in [-0.39, 0.29) is 10.8 Å². The first kappa shape index (κ1) is 19.6. The summed E-state index contributed by atoms with van der Waals surface area (Å²) in [5, 5.41) is 4.82. The zero-order valence-corrected chi connectivity index (χ0v) is 17.5. The van der Waals surface area contributed by atoms with Crippen molar-refractivity contribution < 1.29 is 17.9 Å². The van der Waals surface area contributed by atoms with Crippen LogP contribution in [0.5, 0.6) is 0 Å². The van der Waals surface area contributed by atoms with Gasteiger partial charge in [-0.1, -0.05) is 6.07 Å². The number of amides is 1. The van der Waals surface area contributed by atoms with Gasteiger partial charge in [-0.05, 0) is 55.9 Å². The normalized spacial score (nSPS) is 17.9. The summed E-state index contributed by atoms with van der Waals surface area (Å²) in [5.41, 5.74) is 3.04. The summed E-state index contributed by atoms with van der Waals surface area (Å²) in [4.78, 5) is 14.4. The molecule has 8 heteroatoms. The predicted octanol–water partition coefficient (Wildman–Crippen LogP) is 3.21. The number of nitrogens with one attached hydrogen (secondary N) is 1. The Kier molecular flexibility index (Phi) is 5.55. The van der Waals surface area contributed by atoms with Crippen molar-refractivity contribution in [3.8, 4) is 0 Å². The van der Waals surface area contributed by atoms with Crippen LogP contribution in [0.3, 0.4) is 0 Å². The van der Waals surface area contributed by atoms with Crippen LogP contribution >= 0.6 is 11.3 Å². The minimum atomic E-state index is -3.62. The van der Waals surface area contributed by atoms with Crippen molar-refractivity contribution in [2.24, 2.45) is 0 Å². The van der Waals surface area contributed by atoms with Gasteiger partial charge in [-0.15, -0.1) is 11.3 Å². The molecule has 1 N–H and O–H groups in total. The second-order valence-electron chi connectivity index (χ2n) is 7.21. The molecule has 0 bridgehead atoms. The van der Waals surface area contributed by atoms with Gasteiger partial charge in [0.2, 0.25) is 10.0 Å². The molecule has 1 aromatic heterocycles. The van der Waals surface area contributed by atoms with Crippen molar-refractivity contribution >= 4 is 33.0 Å². The topological polar surface area (TPSA) is 75.7 Å². The Labute approximate surface area is 169 Å². The second-order valence-corrected chi connectivity index (χ2v) is 10.1. The van der Waals surface area contributed by atoms with Crippen molar-refractivity contribution in [1.29, 1.82) is 0 Å². The van der Waals surface area contributed by atoms with Gasteiger partial charge < -0.3 is 10.1 Å². The summed E-state index contributed by atoms with van der Waals surface area (Å²) in [6.07, 6.45) is 4.26. The Hall–Kier alpha value is -1.74. The maximum absolute atomic E-state index is 13.0. The zero-order chi connectivity index (χ0) is 19.7. The summed E-state index contributed by atoms with van der Waals surface area (Å²) < 4.78 is 32.8. The molecule has 2 aromatic rings. The Bertz CT molecular complexity index is 992. The van der Waals surface area contributed by atoms with Crippen LogP contribution in [0, 0.1) is 6.92 Å². The van der Waals surface area contributed by atoms with Crippen LogP contribution in [-0.2, 0) is 27.6 Å². The summed E-state index contributed by atoms with van der Waals surface area (Å²) >= 11 is 1.64. The number of benzene rings is 1. The third-order valence-corrected chi connectivity index (χ3v) is 8.47. The van der Waals surface area contributed by atoms with Gasteiger partial charge in [-0.3, -0.25) is 4.79 Å². The molecule has 6 nitrogen and oxygen atoms in total. The highest BCUT2D eigenvalue weighted by Crippen LogP contribution is 2.31. The Balaban J connectivity index is 1.59. The molecule has 2 heterocycles. The smallest absolute Gasteiger partial charge is 0.256 e. The van der Waals surface area contributed by atoms with E-state index in [1.165, 1.54) is 15.6 Å². The van der Waals surface area contributed by atoms with Crippen LogP contribution in [0.4, 0.5) is 5.69 Å². The van der Waals surface area contributed by atoms with Crippen LogP contribution in [0.25, 0.3) is 0 Å². The molecule has 0 unspecified atom stereocenters. The number of thiophene rings is 1. The number of fused-ring (bicyclic) bond motifs is 1. The SMILES string of the molecule is Cc1ccc(NC(=O)c2csc3c2CCCC3)cc1S(=O)(=O)N1CCOCC1. The van der Waals surface area contributed by atoms with Crippen molar-refractivity contribution in [2.75, 3.05) is 31.6 Å². The molecule has 1 amide bonds. The number of aryl methyl sites for hydroxylation is 2. The van der Waals surface area contributed by atoms with Gasteiger partial charge in [0.1, 0.15) is 0 Å². The minimum absolute atomic E-state index is 0.169. The molecule has 4 rings (SSSR count). The highest BCUT2D eigenvalue weighted by atomic mass is 32.2. The largest absolute Gasteiger partial charge is 0.379 e. The van der Waals surface area contributed by atoms with E-state index in [2.05, 4.69) is 5.32 Å². The number of hydrogen-bond acceptors (Lipinski definition) is 5. The Morgan fingerprint density at radius 1 is 1.18 bits per heavy atom. The summed E-state index contributed by atoms with van der Waals surface area (Å²) in [6.45, 7) is 3.27. The molecule has 28 heavy (non-hydrogen) atoms. The molecule has 2 aliphatic rings. The Morgan fingerprint density at radius 3 is 2.71 bits per heavy atom. The molecule has 1 aliphatic carbocycles. The number of carbonyl (C=O) groups excluding carboxylic acids is 1. The Morgan fingerprint density at radius 2 is 1.93 bits per heavy atom. The monoisotopic (exact) mass is 420 g/mol. The number of nitrogens with zero attached hydrogens (tertiary/aromatic N) is 1. The average Bonchev–Trinajstić information content (AvgIpc) is 3.14. The first-order chi connectivity index (χ1) is 13.5. The van der Waals surface area contributed by atoms with Crippen molar-refractivity contribution in [3.63, 3.8) is 0 Å². The van der Waals surface area contributed by atoms with Crippen LogP contribution in [-0.4, -0.2) is 44.9 Å². The number of carbonyl (C=O) groups is 1.